The predicted molar refractivity (Wildman–Crippen MR) is 123 cm³/mol. The monoisotopic (exact) mass is 443 g/mol. The lowest BCUT2D eigenvalue weighted by Gasteiger charge is -2.20. The highest BCUT2D eigenvalue weighted by Crippen LogP contribution is 2.24. The fraction of sp³-hybridized carbons (Fsp3) is 0.120. The molecule has 0 aliphatic carbocycles. The molecule has 0 aliphatic heterocycles. The summed E-state index contributed by atoms with van der Waals surface area (Å²) in [6.07, 6.45) is -1.25. The third kappa shape index (κ3) is 4.59. The van der Waals surface area contributed by atoms with Crippen molar-refractivity contribution in [1.82, 2.24) is 9.66 Å². The van der Waals surface area contributed by atoms with Crippen LogP contribution in [0.4, 0.5) is 0 Å². The Morgan fingerprint density at radius 2 is 1.70 bits per heavy atom. The molecule has 166 valence electrons. The van der Waals surface area contributed by atoms with E-state index in [9.17, 15) is 14.4 Å². The number of hydrogen-bond acceptors (Lipinski definition) is 6. The van der Waals surface area contributed by atoms with Crippen molar-refractivity contribution >= 4 is 22.8 Å². The second-order valence-corrected chi connectivity index (χ2v) is 7.20. The highest BCUT2D eigenvalue weighted by Gasteiger charge is 2.26. The van der Waals surface area contributed by atoms with E-state index >= 15 is 0 Å². The summed E-state index contributed by atoms with van der Waals surface area (Å²) in [7, 11) is 1.53. The van der Waals surface area contributed by atoms with Crippen molar-refractivity contribution in [3.8, 4) is 17.1 Å². The second kappa shape index (κ2) is 9.35. The quantitative estimate of drug-likeness (QED) is 0.458. The van der Waals surface area contributed by atoms with Gasteiger partial charge in [-0.2, -0.15) is 4.68 Å². The van der Waals surface area contributed by atoms with Crippen molar-refractivity contribution < 1.29 is 19.1 Å². The van der Waals surface area contributed by atoms with Gasteiger partial charge in [0.25, 0.3) is 11.5 Å². The standard InChI is InChI=1S/C25H21N3O5/c1-16(29)33-22(17-9-4-3-5-10-17)24(30)27-28-23(18-11-8-12-19(15-18)32-2)26-21-14-7-6-13-20(21)25(28)31/h3-15,22H,1-2H3,(H,27,30). The number of methoxy groups -OCH3 is 1. The van der Waals surface area contributed by atoms with Gasteiger partial charge in [-0.25, -0.2) is 4.98 Å². The van der Waals surface area contributed by atoms with E-state index in [1.165, 1.54) is 14.0 Å². The molecule has 8 nitrogen and oxygen atoms in total. The van der Waals surface area contributed by atoms with Crippen molar-refractivity contribution in [3.05, 3.63) is 94.8 Å². The molecular formula is C25H21N3O5. The Labute approximate surface area is 189 Å². The number of carbonyl (C=O) groups is 2. The molecule has 4 aromatic rings. The molecule has 1 heterocycles. The number of rotatable bonds is 6. The number of carbonyl (C=O) groups excluding carboxylic acids is 2. The van der Waals surface area contributed by atoms with Gasteiger partial charge in [-0.1, -0.05) is 54.6 Å². The van der Waals surface area contributed by atoms with Gasteiger partial charge in [-0.05, 0) is 24.3 Å². The van der Waals surface area contributed by atoms with E-state index in [-0.39, 0.29) is 5.82 Å². The average molecular weight is 443 g/mol. The molecule has 0 spiro atoms. The fourth-order valence-electron chi connectivity index (χ4n) is 3.43. The minimum Gasteiger partial charge on any atom is -0.497 e. The highest BCUT2D eigenvalue weighted by molar-refractivity contribution is 5.91. The van der Waals surface area contributed by atoms with Crippen LogP contribution in [0, 0.1) is 0 Å². The number of para-hydroxylation sites is 1. The first-order valence-electron chi connectivity index (χ1n) is 10.2. The number of ether oxygens (including phenoxy) is 2. The van der Waals surface area contributed by atoms with E-state index < -0.39 is 23.5 Å². The number of nitrogens with zero attached hydrogens (tertiary/aromatic N) is 2. The van der Waals surface area contributed by atoms with Crippen molar-refractivity contribution in [1.29, 1.82) is 0 Å². The molecule has 0 fully saturated rings. The molecule has 0 bridgehead atoms. The zero-order valence-electron chi connectivity index (χ0n) is 18.0. The molecule has 1 aromatic heterocycles. The lowest BCUT2D eigenvalue weighted by Crippen LogP contribution is -2.38. The Morgan fingerprint density at radius 3 is 2.42 bits per heavy atom. The average Bonchev–Trinajstić information content (AvgIpc) is 2.84. The molecule has 1 unspecified atom stereocenters. The summed E-state index contributed by atoms with van der Waals surface area (Å²) < 4.78 is 11.6. The Morgan fingerprint density at radius 1 is 0.970 bits per heavy atom. The summed E-state index contributed by atoms with van der Waals surface area (Å²) in [5.74, 6) is -0.550. The van der Waals surface area contributed by atoms with Crippen LogP contribution < -0.4 is 15.7 Å². The molecule has 0 aliphatic rings. The molecule has 0 saturated carbocycles. The van der Waals surface area contributed by atoms with Crippen LogP contribution in [0.15, 0.2) is 83.7 Å². The molecule has 0 saturated heterocycles. The number of nitrogens with one attached hydrogen (secondary N) is 1. The first-order valence-corrected chi connectivity index (χ1v) is 10.2. The van der Waals surface area contributed by atoms with Gasteiger partial charge in [0.15, 0.2) is 5.82 Å². The van der Waals surface area contributed by atoms with Crippen LogP contribution >= 0.6 is 0 Å². The number of fused-ring (bicyclic) bond motifs is 1. The van der Waals surface area contributed by atoms with E-state index in [1.807, 2.05) is 0 Å². The molecule has 0 radical (unpaired) electrons. The molecule has 33 heavy (non-hydrogen) atoms. The van der Waals surface area contributed by atoms with E-state index in [4.69, 9.17) is 9.47 Å². The van der Waals surface area contributed by atoms with Crippen LogP contribution in [0.3, 0.4) is 0 Å². The Balaban J connectivity index is 1.85. The maximum Gasteiger partial charge on any atom is 0.303 e. The van der Waals surface area contributed by atoms with Crippen LogP contribution in [-0.2, 0) is 14.3 Å². The second-order valence-electron chi connectivity index (χ2n) is 7.20. The van der Waals surface area contributed by atoms with Crippen molar-refractivity contribution in [2.75, 3.05) is 12.5 Å². The van der Waals surface area contributed by atoms with Gasteiger partial charge < -0.3 is 9.47 Å². The summed E-state index contributed by atoms with van der Waals surface area (Å²) in [5.41, 5.74) is 3.63. The summed E-state index contributed by atoms with van der Waals surface area (Å²) in [6, 6.07) is 22.4. The molecule has 1 amide bonds. The SMILES string of the molecule is COc1cccc(-c2nc3ccccc3c(=O)n2NC(=O)C(OC(C)=O)c2ccccc2)c1. The topological polar surface area (TPSA) is 99.5 Å². The number of esters is 1. The van der Waals surface area contributed by atoms with Gasteiger partial charge >= 0.3 is 5.97 Å². The number of hydrogen-bond donors (Lipinski definition) is 1. The van der Waals surface area contributed by atoms with Crippen LogP contribution in [0.2, 0.25) is 0 Å². The van der Waals surface area contributed by atoms with Gasteiger partial charge in [-0.3, -0.25) is 19.8 Å². The van der Waals surface area contributed by atoms with Crippen molar-refractivity contribution in [3.63, 3.8) is 0 Å². The maximum atomic E-state index is 13.4. The van der Waals surface area contributed by atoms with Gasteiger partial charge in [0, 0.05) is 18.1 Å². The predicted octanol–water partition coefficient (Wildman–Crippen LogP) is 3.45. The fourth-order valence-corrected chi connectivity index (χ4v) is 3.43. The minimum atomic E-state index is -1.25. The summed E-state index contributed by atoms with van der Waals surface area (Å²) in [4.78, 5) is 42.9. The Hall–Kier alpha value is -4.46. The molecule has 1 atom stereocenters. The molecule has 1 N–H and O–H groups in total. The first kappa shape index (κ1) is 21.8. The smallest absolute Gasteiger partial charge is 0.303 e. The molecule has 8 heteroatoms. The van der Waals surface area contributed by atoms with Crippen molar-refractivity contribution in [2.24, 2.45) is 0 Å². The number of benzene rings is 3. The van der Waals surface area contributed by atoms with Gasteiger partial charge in [-0.15, -0.1) is 0 Å². The lowest BCUT2D eigenvalue weighted by atomic mass is 10.1. The zero-order chi connectivity index (χ0) is 23.4. The summed E-state index contributed by atoms with van der Waals surface area (Å²) >= 11 is 0. The highest BCUT2D eigenvalue weighted by atomic mass is 16.5. The molecular weight excluding hydrogens is 422 g/mol. The van der Waals surface area contributed by atoms with Crippen LogP contribution in [0.5, 0.6) is 5.75 Å². The lowest BCUT2D eigenvalue weighted by molar-refractivity contribution is -0.152. The van der Waals surface area contributed by atoms with Gasteiger partial charge in [0.05, 0.1) is 18.0 Å². The largest absolute Gasteiger partial charge is 0.497 e. The van der Waals surface area contributed by atoms with Crippen LogP contribution in [0.1, 0.15) is 18.6 Å². The van der Waals surface area contributed by atoms with Gasteiger partial charge in [0.2, 0.25) is 6.10 Å². The summed E-state index contributed by atoms with van der Waals surface area (Å²) in [5, 5.41) is 0.327. The first-order chi connectivity index (χ1) is 16.0. The molecule has 4 rings (SSSR count). The van der Waals surface area contributed by atoms with E-state index in [0.29, 0.717) is 27.8 Å². The summed E-state index contributed by atoms with van der Waals surface area (Å²) in [6.45, 7) is 1.22. The van der Waals surface area contributed by atoms with Crippen LogP contribution in [-0.4, -0.2) is 28.6 Å². The zero-order valence-corrected chi connectivity index (χ0v) is 18.0. The Kier molecular flexibility index (Phi) is 6.17. The third-order valence-corrected chi connectivity index (χ3v) is 4.95. The normalized spacial score (nSPS) is 11.6. The Bertz CT molecular complexity index is 1380. The van der Waals surface area contributed by atoms with Crippen molar-refractivity contribution in [2.45, 2.75) is 13.0 Å². The van der Waals surface area contributed by atoms with Crippen LogP contribution in [0.25, 0.3) is 22.3 Å². The van der Waals surface area contributed by atoms with E-state index in [1.54, 1.807) is 78.9 Å². The maximum absolute atomic E-state index is 13.4. The van der Waals surface area contributed by atoms with E-state index in [2.05, 4.69) is 10.4 Å². The van der Waals surface area contributed by atoms with Gasteiger partial charge in [0.1, 0.15) is 5.75 Å². The third-order valence-electron chi connectivity index (χ3n) is 4.95. The number of amides is 1. The minimum absolute atomic E-state index is 0.209. The number of aromatic nitrogens is 2. The van der Waals surface area contributed by atoms with E-state index in [0.717, 1.165) is 4.68 Å². The molecule has 3 aromatic carbocycles.